The Morgan fingerprint density at radius 3 is 2.80 bits per heavy atom. The van der Waals surface area contributed by atoms with Gasteiger partial charge in [-0.15, -0.1) is 0 Å². The van der Waals surface area contributed by atoms with Gasteiger partial charge in [0.2, 0.25) is 0 Å². The minimum absolute atomic E-state index is 0.160. The van der Waals surface area contributed by atoms with Crippen LogP contribution in [0, 0.1) is 0 Å². The van der Waals surface area contributed by atoms with E-state index in [0.717, 1.165) is 6.54 Å². The standard InChI is InChI=1S/C18H23N5O2/c1-13(14-7-5-4-6-8-14)23(9-10-25-3)12-16-20-17-15(18(24)21-16)11-19-22(17)2/h4-8,11,13H,9-10,12H2,1-3H3,(H,20,21,24)/t13-/m0/s1. The molecule has 1 N–H and O–H groups in total. The van der Waals surface area contributed by atoms with Crippen LogP contribution in [0.3, 0.4) is 0 Å². The Balaban J connectivity index is 1.90. The van der Waals surface area contributed by atoms with E-state index in [0.29, 0.717) is 30.0 Å². The number of nitrogens with zero attached hydrogens (tertiary/aromatic N) is 4. The van der Waals surface area contributed by atoms with Gasteiger partial charge in [-0.25, -0.2) is 4.98 Å². The Morgan fingerprint density at radius 2 is 2.08 bits per heavy atom. The first-order chi connectivity index (χ1) is 12.1. The first-order valence-corrected chi connectivity index (χ1v) is 8.29. The molecule has 7 heteroatoms. The summed E-state index contributed by atoms with van der Waals surface area (Å²) in [6.45, 7) is 4.01. The summed E-state index contributed by atoms with van der Waals surface area (Å²) in [5, 5.41) is 4.62. The van der Waals surface area contributed by atoms with Crippen LogP contribution in [0.2, 0.25) is 0 Å². The number of rotatable bonds is 7. The molecule has 0 aliphatic rings. The van der Waals surface area contributed by atoms with Gasteiger partial charge in [-0.1, -0.05) is 30.3 Å². The fourth-order valence-electron chi connectivity index (χ4n) is 2.91. The maximum Gasteiger partial charge on any atom is 0.262 e. The van der Waals surface area contributed by atoms with Crippen LogP contribution in [0.15, 0.2) is 41.3 Å². The Morgan fingerprint density at radius 1 is 1.32 bits per heavy atom. The van der Waals surface area contributed by atoms with E-state index in [2.05, 4.69) is 39.0 Å². The highest BCUT2D eigenvalue weighted by Gasteiger charge is 2.18. The number of aryl methyl sites for hydroxylation is 1. The molecule has 0 amide bonds. The zero-order chi connectivity index (χ0) is 17.8. The molecule has 25 heavy (non-hydrogen) atoms. The lowest BCUT2D eigenvalue weighted by atomic mass is 10.1. The van der Waals surface area contributed by atoms with Crippen LogP contribution in [0.1, 0.15) is 24.4 Å². The van der Waals surface area contributed by atoms with Gasteiger partial charge in [0.25, 0.3) is 5.56 Å². The molecule has 2 heterocycles. The molecule has 1 atom stereocenters. The van der Waals surface area contributed by atoms with Crippen LogP contribution in [-0.2, 0) is 18.3 Å². The van der Waals surface area contributed by atoms with Gasteiger partial charge >= 0.3 is 0 Å². The Kier molecular flexibility index (Phi) is 5.25. The minimum Gasteiger partial charge on any atom is -0.383 e. The lowest BCUT2D eigenvalue weighted by molar-refractivity contribution is 0.117. The van der Waals surface area contributed by atoms with Crippen molar-refractivity contribution in [1.29, 1.82) is 0 Å². The van der Waals surface area contributed by atoms with Gasteiger partial charge in [-0.3, -0.25) is 14.4 Å². The van der Waals surface area contributed by atoms with E-state index in [1.54, 1.807) is 25.0 Å². The van der Waals surface area contributed by atoms with Gasteiger partial charge in [0, 0.05) is 26.7 Å². The lowest BCUT2D eigenvalue weighted by Crippen LogP contribution is -2.31. The molecule has 0 fully saturated rings. The third kappa shape index (κ3) is 3.78. The molecule has 0 unspecified atom stereocenters. The van der Waals surface area contributed by atoms with Crippen molar-refractivity contribution >= 4 is 11.0 Å². The molecule has 3 rings (SSSR count). The normalized spacial score (nSPS) is 12.8. The van der Waals surface area contributed by atoms with Gasteiger partial charge in [-0.05, 0) is 12.5 Å². The number of aromatic amines is 1. The van der Waals surface area contributed by atoms with Crippen molar-refractivity contribution in [2.45, 2.75) is 19.5 Å². The van der Waals surface area contributed by atoms with E-state index in [1.807, 2.05) is 18.2 Å². The van der Waals surface area contributed by atoms with Gasteiger partial charge in [0.05, 0.1) is 19.3 Å². The van der Waals surface area contributed by atoms with Crippen molar-refractivity contribution in [3.63, 3.8) is 0 Å². The average molecular weight is 341 g/mol. The van der Waals surface area contributed by atoms with Crippen LogP contribution >= 0.6 is 0 Å². The van der Waals surface area contributed by atoms with Crippen molar-refractivity contribution in [3.05, 3.63) is 58.3 Å². The average Bonchev–Trinajstić information content (AvgIpc) is 3.00. The number of methoxy groups -OCH3 is 1. The molecule has 0 saturated heterocycles. The van der Waals surface area contributed by atoms with E-state index < -0.39 is 0 Å². The summed E-state index contributed by atoms with van der Waals surface area (Å²) in [5.41, 5.74) is 1.65. The van der Waals surface area contributed by atoms with E-state index >= 15 is 0 Å². The fraction of sp³-hybridized carbons (Fsp3) is 0.389. The SMILES string of the molecule is COCCN(Cc1nc2c(cnn2C)c(=O)[nH]1)[C@@H](C)c1ccccc1. The molecule has 132 valence electrons. The highest BCUT2D eigenvalue weighted by atomic mass is 16.5. The highest BCUT2D eigenvalue weighted by molar-refractivity contribution is 5.72. The Hall–Kier alpha value is -2.51. The maximum absolute atomic E-state index is 12.3. The van der Waals surface area contributed by atoms with Gasteiger partial charge in [0.1, 0.15) is 11.2 Å². The number of ether oxygens (including phenoxy) is 1. The van der Waals surface area contributed by atoms with Crippen molar-refractivity contribution in [3.8, 4) is 0 Å². The summed E-state index contributed by atoms with van der Waals surface area (Å²) in [6, 6.07) is 10.4. The number of nitrogens with one attached hydrogen (secondary N) is 1. The first kappa shape index (κ1) is 17.3. The molecule has 1 aromatic carbocycles. The number of benzene rings is 1. The van der Waals surface area contributed by atoms with Crippen LogP contribution in [0.25, 0.3) is 11.0 Å². The van der Waals surface area contributed by atoms with E-state index in [4.69, 9.17) is 4.74 Å². The van der Waals surface area contributed by atoms with Crippen LogP contribution < -0.4 is 5.56 Å². The zero-order valence-corrected chi connectivity index (χ0v) is 14.8. The summed E-state index contributed by atoms with van der Waals surface area (Å²) in [5.74, 6) is 0.625. The summed E-state index contributed by atoms with van der Waals surface area (Å²) in [6.07, 6.45) is 1.54. The molecule has 0 aliphatic heterocycles. The van der Waals surface area contributed by atoms with E-state index in [9.17, 15) is 4.79 Å². The highest BCUT2D eigenvalue weighted by Crippen LogP contribution is 2.21. The summed E-state index contributed by atoms with van der Waals surface area (Å²) in [4.78, 5) is 21.9. The first-order valence-electron chi connectivity index (χ1n) is 8.29. The third-order valence-corrected chi connectivity index (χ3v) is 4.42. The third-order valence-electron chi connectivity index (χ3n) is 4.42. The molecule has 2 aromatic heterocycles. The molecular formula is C18H23N5O2. The maximum atomic E-state index is 12.3. The van der Waals surface area contributed by atoms with Crippen molar-refractivity contribution in [2.75, 3.05) is 20.3 Å². The topological polar surface area (TPSA) is 76.0 Å². The number of aromatic nitrogens is 4. The molecule has 0 radical (unpaired) electrons. The minimum atomic E-state index is -0.160. The van der Waals surface area contributed by atoms with Crippen molar-refractivity contribution < 1.29 is 4.74 Å². The largest absolute Gasteiger partial charge is 0.383 e. The van der Waals surface area contributed by atoms with Gasteiger partial charge in [0.15, 0.2) is 5.65 Å². The molecule has 0 aliphatic carbocycles. The molecule has 0 spiro atoms. The van der Waals surface area contributed by atoms with Crippen molar-refractivity contribution in [2.24, 2.45) is 7.05 Å². The number of fused-ring (bicyclic) bond motifs is 1. The monoisotopic (exact) mass is 341 g/mol. The molecule has 3 aromatic rings. The fourth-order valence-corrected chi connectivity index (χ4v) is 2.91. The van der Waals surface area contributed by atoms with Gasteiger partial charge < -0.3 is 9.72 Å². The van der Waals surface area contributed by atoms with E-state index in [1.165, 1.54) is 5.56 Å². The molecule has 0 saturated carbocycles. The smallest absolute Gasteiger partial charge is 0.262 e. The summed E-state index contributed by atoms with van der Waals surface area (Å²) in [7, 11) is 3.47. The van der Waals surface area contributed by atoms with Crippen LogP contribution in [0.5, 0.6) is 0 Å². The van der Waals surface area contributed by atoms with Gasteiger partial charge in [-0.2, -0.15) is 5.10 Å². The second-order valence-corrected chi connectivity index (χ2v) is 6.07. The zero-order valence-electron chi connectivity index (χ0n) is 14.8. The molecule has 0 bridgehead atoms. The van der Waals surface area contributed by atoms with Crippen molar-refractivity contribution in [1.82, 2.24) is 24.6 Å². The Labute approximate surface area is 146 Å². The molecule has 7 nitrogen and oxygen atoms in total. The second kappa shape index (κ2) is 7.58. The number of H-pyrrole nitrogens is 1. The molecular weight excluding hydrogens is 318 g/mol. The summed E-state index contributed by atoms with van der Waals surface area (Å²) >= 11 is 0. The number of hydrogen-bond donors (Lipinski definition) is 1. The second-order valence-electron chi connectivity index (χ2n) is 6.07. The van der Waals surface area contributed by atoms with Crippen LogP contribution in [0.4, 0.5) is 0 Å². The summed E-state index contributed by atoms with van der Waals surface area (Å²) < 4.78 is 6.87. The predicted molar refractivity (Wildman–Crippen MR) is 96.3 cm³/mol. The number of hydrogen-bond acceptors (Lipinski definition) is 5. The Bertz CT molecular complexity index is 887. The lowest BCUT2D eigenvalue weighted by Gasteiger charge is -2.28. The van der Waals surface area contributed by atoms with Crippen LogP contribution in [-0.4, -0.2) is 44.9 Å². The quantitative estimate of drug-likeness (QED) is 0.710. The van der Waals surface area contributed by atoms with E-state index in [-0.39, 0.29) is 11.6 Å². The predicted octanol–water partition coefficient (Wildman–Crippen LogP) is 1.87.